The molecule has 0 heterocycles. The van der Waals surface area contributed by atoms with Crippen LogP contribution in [0.4, 0.5) is 0 Å². The van der Waals surface area contributed by atoms with E-state index >= 15 is 0 Å². The number of esters is 1. The van der Waals surface area contributed by atoms with Crippen molar-refractivity contribution >= 4 is 5.97 Å². The predicted molar refractivity (Wildman–Crippen MR) is 234 cm³/mol. The van der Waals surface area contributed by atoms with E-state index in [0.717, 1.165) is 12.8 Å². The Labute approximate surface area is 328 Å². The summed E-state index contributed by atoms with van der Waals surface area (Å²) in [5, 5.41) is 0. The summed E-state index contributed by atoms with van der Waals surface area (Å²) < 4.78 is 5.35. The lowest BCUT2D eigenvalue weighted by molar-refractivity contribution is -0.137. The van der Waals surface area contributed by atoms with Crippen LogP contribution < -0.4 is 0 Å². The van der Waals surface area contributed by atoms with Gasteiger partial charge in [0.2, 0.25) is 0 Å². The summed E-state index contributed by atoms with van der Waals surface area (Å²) in [5.74, 6) is -0.223. The maximum absolute atomic E-state index is 11.9. The molecule has 52 heavy (non-hydrogen) atoms. The van der Waals surface area contributed by atoms with Crippen LogP contribution in [0.1, 0.15) is 271 Å². The van der Waals surface area contributed by atoms with E-state index in [1.54, 1.807) is 6.08 Å². The van der Waals surface area contributed by atoms with Gasteiger partial charge in [0.25, 0.3) is 0 Å². The quantitative estimate of drug-likeness (QED) is 0.0270. The van der Waals surface area contributed by atoms with Gasteiger partial charge in [0.1, 0.15) is 0 Å². The highest BCUT2D eigenvalue weighted by Gasteiger charge is 1.99. The molecule has 2 nitrogen and oxygen atoms in total. The lowest BCUT2D eigenvalue weighted by atomic mass is 10.0. The summed E-state index contributed by atoms with van der Waals surface area (Å²) >= 11 is 0. The third-order valence-corrected chi connectivity index (χ3v) is 10.9. The molecule has 0 aliphatic heterocycles. The summed E-state index contributed by atoms with van der Waals surface area (Å²) in [7, 11) is 0. The second kappa shape index (κ2) is 47.7. The van der Waals surface area contributed by atoms with Crippen LogP contribution in [0, 0.1) is 0 Å². The molecule has 0 rings (SSSR count). The fourth-order valence-electron chi connectivity index (χ4n) is 7.36. The minimum atomic E-state index is -0.223. The van der Waals surface area contributed by atoms with Gasteiger partial charge >= 0.3 is 5.97 Å². The molecular formula is C50H94O2. The van der Waals surface area contributed by atoms with Gasteiger partial charge in [0, 0.05) is 6.08 Å². The topological polar surface area (TPSA) is 26.3 Å². The maximum Gasteiger partial charge on any atom is 0.330 e. The van der Waals surface area contributed by atoms with Crippen molar-refractivity contribution < 1.29 is 9.53 Å². The van der Waals surface area contributed by atoms with E-state index in [2.05, 4.69) is 26.0 Å². The third kappa shape index (κ3) is 46.7. The molecule has 0 unspecified atom stereocenters. The highest BCUT2D eigenvalue weighted by molar-refractivity contribution is 5.82. The minimum absolute atomic E-state index is 0.223. The van der Waals surface area contributed by atoms with Crippen LogP contribution in [0.15, 0.2) is 36.5 Å². The van der Waals surface area contributed by atoms with Gasteiger partial charge < -0.3 is 4.74 Å². The van der Waals surface area contributed by atoms with Gasteiger partial charge in [-0.15, -0.1) is 0 Å². The van der Waals surface area contributed by atoms with Crippen LogP contribution in [0.25, 0.3) is 0 Å². The number of carbonyl (C=O) groups excluding carboxylic acids is 1. The lowest BCUT2D eigenvalue weighted by Gasteiger charge is -2.05. The van der Waals surface area contributed by atoms with Crippen molar-refractivity contribution in [2.24, 2.45) is 0 Å². The van der Waals surface area contributed by atoms with Gasteiger partial charge in [-0.3, -0.25) is 0 Å². The van der Waals surface area contributed by atoms with Gasteiger partial charge in [0.15, 0.2) is 0 Å². The summed E-state index contributed by atoms with van der Waals surface area (Å²) in [5.41, 5.74) is 0. The summed E-state index contributed by atoms with van der Waals surface area (Å²) in [6.07, 6.45) is 67.5. The summed E-state index contributed by atoms with van der Waals surface area (Å²) in [6, 6.07) is 0. The molecule has 2 heteroatoms. The van der Waals surface area contributed by atoms with Crippen molar-refractivity contribution in [3.8, 4) is 0 Å². The third-order valence-electron chi connectivity index (χ3n) is 10.9. The SMILES string of the molecule is CCCCCCCCCCCCCC=CC=CC=CC(=O)OCCCCCCCCCCCCCCCCCCCCCCCCCCCCCC. The van der Waals surface area contributed by atoms with Crippen molar-refractivity contribution in [3.05, 3.63) is 36.5 Å². The summed E-state index contributed by atoms with van der Waals surface area (Å²) in [6.45, 7) is 5.14. The first-order valence-electron chi connectivity index (χ1n) is 24.0. The Bertz CT molecular complexity index is 749. The van der Waals surface area contributed by atoms with Crippen molar-refractivity contribution in [3.63, 3.8) is 0 Å². The Morgan fingerprint density at radius 2 is 0.596 bits per heavy atom. The van der Waals surface area contributed by atoms with Crippen molar-refractivity contribution in [2.75, 3.05) is 6.61 Å². The molecule has 0 saturated carbocycles. The fraction of sp³-hybridized carbons (Fsp3) is 0.860. The first-order valence-corrected chi connectivity index (χ1v) is 24.0. The van der Waals surface area contributed by atoms with Gasteiger partial charge in [-0.05, 0) is 19.3 Å². The van der Waals surface area contributed by atoms with Crippen LogP contribution in [-0.2, 0) is 9.53 Å². The first kappa shape index (κ1) is 50.7. The van der Waals surface area contributed by atoms with Crippen molar-refractivity contribution in [2.45, 2.75) is 271 Å². The molecular weight excluding hydrogens is 633 g/mol. The Kier molecular flexibility index (Phi) is 46.5. The highest BCUT2D eigenvalue weighted by atomic mass is 16.5. The molecule has 0 aliphatic rings. The molecule has 306 valence electrons. The normalized spacial score (nSPS) is 12.0. The molecule has 0 saturated heterocycles. The second-order valence-electron chi connectivity index (χ2n) is 16.2. The number of unbranched alkanes of at least 4 members (excludes halogenated alkanes) is 38. The van der Waals surface area contributed by atoms with Gasteiger partial charge in [-0.2, -0.15) is 0 Å². The fourth-order valence-corrected chi connectivity index (χ4v) is 7.36. The zero-order valence-corrected chi connectivity index (χ0v) is 35.8. The van der Waals surface area contributed by atoms with E-state index in [0.29, 0.717) is 6.61 Å². The molecule has 0 fully saturated rings. The Balaban J connectivity index is 3.26. The Morgan fingerprint density at radius 3 is 0.923 bits per heavy atom. The second-order valence-corrected chi connectivity index (χ2v) is 16.2. The number of carbonyl (C=O) groups is 1. The predicted octanol–water partition coefficient (Wildman–Crippen LogP) is 17.8. The Hall–Kier alpha value is -1.31. The zero-order chi connectivity index (χ0) is 37.5. The van der Waals surface area contributed by atoms with Gasteiger partial charge in [0.05, 0.1) is 6.61 Å². The number of ether oxygens (including phenoxy) is 1. The molecule has 0 amide bonds. The van der Waals surface area contributed by atoms with E-state index in [1.807, 2.05) is 12.2 Å². The number of allylic oxidation sites excluding steroid dienone is 5. The van der Waals surface area contributed by atoms with Crippen LogP contribution in [0.3, 0.4) is 0 Å². The molecule has 0 aromatic heterocycles. The molecule has 0 aromatic rings. The standard InChI is InChI=1S/C50H94O2/c1-3-5-7-9-11-13-15-17-19-21-22-23-24-25-26-27-28-29-30-31-33-35-37-39-41-43-45-47-49-52-50(51)48-46-44-42-40-38-36-34-32-20-18-16-14-12-10-8-6-4-2/h38,40,42,44,46,48H,3-37,39,41,43,45,47,49H2,1-2H3. The number of rotatable bonds is 44. The summed E-state index contributed by atoms with van der Waals surface area (Å²) in [4.78, 5) is 11.9. The molecule has 0 bridgehead atoms. The molecule has 0 N–H and O–H groups in total. The van der Waals surface area contributed by atoms with Crippen LogP contribution in [0.2, 0.25) is 0 Å². The molecule has 0 atom stereocenters. The Morgan fingerprint density at radius 1 is 0.327 bits per heavy atom. The average Bonchev–Trinajstić information content (AvgIpc) is 3.15. The average molecular weight is 727 g/mol. The number of hydrogen-bond donors (Lipinski definition) is 0. The van der Waals surface area contributed by atoms with E-state index in [9.17, 15) is 4.79 Å². The van der Waals surface area contributed by atoms with Crippen LogP contribution >= 0.6 is 0 Å². The smallest absolute Gasteiger partial charge is 0.330 e. The van der Waals surface area contributed by atoms with E-state index in [4.69, 9.17) is 4.74 Å². The zero-order valence-electron chi connectivity index (χ0n) is 35.8. The minimum Gasteiger partial charge on any atom is -0.463 e. The van der Waals surface area contributed by atoms with Crippen LogP contribution in [-0.4, -0.2) is 12.6 Å². The molecule has 0 aromatic carbocycles. The first-order chi connectivity index (χ1) is 25.8. The largest absolute Gasteiger partial charge is 0.463 e. The van der Waals surface area contributed by atoms with Crippen molar-refractivity contribution in [1.82, 2.24) is 0 Å². The van der Waals surface area contributed by atoms with E-state index in [-0.39, 0.29) is 5.97 Å². The van der Waals surface area contributed by atoms with Gasteiger partial charge in [-0.1, -0.05) is 282 Å². The maximum atomic E-state index is 11.9. The van der Waals surface area contributed by atoms with E-state index in [1.165, 1.54) is 250 Å². The molecule has 0 spiro atoms. The molecule has 0 radical (unpaired) electrons. The monoisotopic (exact) mass is 727 g/mol. The van der Waals surface area contributed by atoms with Crippen LogP contribution in [0.5, 0.6) is 0 Å². The lowest BCUT2D eigenvalue weighted by Crippen LogP contribution is -2.02. The van der Waals surface area contributed by atoms with E-state index < -0.39 is 0 Å². The highest BCUT2D eigenvalue weighted by Crippen LogP contribution is 2.17. The van der Waals surface area contributed by atoms with Gasteiger partial charge in [-0.25, -0.2) is 4.79 Å². The molecule has 0 aliphatic carbocycles. The van der Waals surface area contributed by atoms with Crippen molar-refractivity contribution in [1.29, 1.82) is 0 Å². The number of hydrogen-bond acceptors (Lipinski definition) is 2.